The van der Waals surface area contributed by atoms with Gasteiger partial charge in [0, 0.05) is 11.1 Å². The minimum atomic E-state index is -3.81. The number of halogens is 2. The van der Waals surface area contributed by atoms with Crippen LogP contribution in [0.4, 0.5) is 10.1 Å². The molecule has 0 unspecified atom stereocenters. The van der Waals surface area contributed by atoms with Crippen molar-refractivity contribution in [2.45, 2.75) is 4.90 Å². The summed E-state index contributed by atoms with van der Waals surface area (Å²) in [7, 11) is -2.49. The van der Waals surface area contributed by atoms with Gasteiger partial charge in [-0.1, -0.05) is 17.7 Å². The third-order valence-electron chi connectivity index (χ3n) is 2.51. The van der Waals surface area contributed by atoms with Crippen LogP contribution in [0.2, 0.25) is 5.02 Å². The molecule has 2 rings (SSSR count). The SMILES string of the molecule is COc1ccc(NS(=O)(=O)c2cccc(Cl)c2)cc1F. The summed E-state index contributed by atoms with van der Waals surface area (Å²) < 4.78 is 44.7. The van der Waals surface area contributed by atoms with Gasteiger partial charge in [0.25, 0.3) is 10.0 Å². The maximum absolute atomic E-state index is 13.5. The van der Waals surface area contributed by atoms with Crippen LogP contribution < -0.4 is 9.46 Å². The molecule has 106 valence electrons. The monoisotopic (exact) mass is 315 g/mol. The van der Waals surface area contributed by atoms with E-state index in [4.69, 9.17) is 16.3 Å². The minimum Gasteiger partial charge on any atom is -0.494 e. The van der Waals surface area contributed by atoms with Crippen LogP contribution in [0.1, 0.15) is 0 Å². The Morgan fingerprint density at radius 3 is 2.55 bits per heavy atom. The zero-order valence-corrected chi connectivity index (χ0v) is 12.0. The zero-order valence-electron chi connectivity index (χ0n) is 10.4. The second-order valence-corrected chi connectivity index (χ2v) is 6.03. The van der Waals surface area contributed by atoms with E-state index in [9.17, 15) is 12.8 Å². The molecule has 1 N–H and O–H groups in total. The van der Waals surface area contributed by atoms with E-state index in [1.807, 2.05) is 0 Å². The van der Waals surface area contributed by atoms with Gasteiger partial charge in [-0.3, -0.25) is 4.72 Å². The molecule has 0 atom stereocenters. The number of sulfonamides is 1. The van der Waals surface area contributed by atoms with Gasteiger partial charge in [0.05, 0.1) is 17.7 Å². The summed E-state index contributed by atoms with van der Waals surface area (Å²) in [6, 6.07) is 9.58. The van der Waals surface area contributed by atoms with Crippen molar-refractivity contribution in [1.29, 1.82) is 0 Å². The van der Waals surface area contributed by atoms with Crippen LogP contribution in [0.5, 0.6) is 5.75 Å². The molecule has 0 bridgehead atoms. The van der Waals surface area contributed by atoms with Crippen molar-refractivity contribution in [3.05, 3.63) is 53.3 Å². The van der Waals surface area contributed by atoms with Gasteiger partial charge >= 0.3 is 0 Å². The van der Waals surface area contributed by atoms with Crippen LogP contribution >= 0.6 is 11.6 Å². The lowest BCUT2D eigenvalue weighted by Crippen LogP contribution is -2.13. The summed E-state index contributed by atoms with van der Waals surface area (Å²) >= 11 is 5.75. The molecule has 20 heavy (non-hydrogen) atoms. The van der Waals surface area contributed by atoms with Crippen LogP contribution in [-0.4, -0.2) is 15.5 Å². The highest BCUT2D eigenvalue weighted by atomic mass is 35.5. The molecule has 0 aromatic heterocycles. The average molecular weight is 316 g/mol. The molecule has 0 aliphatic rings. The van der Waals surface area contributed by atoms with Crippen LogP contribution in [0.25, 0.3) is 0 Å². The van der Waals surface area contributed by atoms with E-state index in [2.05, 4.69) is 4.72 Å². The molecular weight excluding hydrogens is 305 g/mol. The Bertz CT molecular complexity index is 734. The van der Waals surface area contributed by atoms with Gasteiger partial charge in [-0.05, 0) is 30.3 Å². The number of rotatable bonds is 4. The fourth-order valence-electron chi connectivity index (χ4n) is 1.58. The van der Waals surface area contributed by atoms with E-state index in [1.54, 1.807) is 6.07 Å². The lowest BCUT2D eigenvalue weighted by atomic mass is 10.3. The summed E-state index contributed by atoms with van der Waals surface area (Å²) in [6.45, 7) is 0. The first kappa shape index (κ1) is 14.6. The second-order valence-electron chi connectivity index (χ2n) is 3.91. The topological polar surface area (TPSA) is 55.4 Å². The number of benzene rings is 2. The maximum Gasteiger partial charge on any atom is 0.261 e. The van der Waals surface area contributed by atoms with Gasteiger partial charge in [-0.2, -0.15) is 0 Å². The second kappa shape index (κ2) is 5.68. The Kier molecular flexibility index (Phi) is 4.15. The fourth-order valence-corrected chi connectivity index (χ4v) is 2.93. The van der Waals surface area contributed by atoms with E-state index in [0.717, 1.165) is 6.07 Å². The zero-order chi connectivity index (χ0) is 14.8. The number of hydrogen-bond donors (Lipinski definition) is 1. The first-order chi connectivity index (χ1) is 9.42. The molecular formula is C13H11ClFNO3S. The number of anilines is 1. The van der Waals surface area contributed by atoms with E-state index >= 15 is 0 Å². The number of methoxy groups -OCH3 is 1. The fraction of sp³-hybridized carbons (Fsp3) is 0.0769. The third kappa shape index (κ3) is 3.20. The maximum atomic E-state index is 13.5. The molecule has 2 aromatic rings. The Morgan fingerprint density at radius 2 is 1.95 bits per heavy atom. The van der Waals surface area contributed by atoms with Gasteiger partial charge < -0.3 is 4.74 Å². The molecule has 4 nitrogen and oxygen atoms in total. The lowest BCUT2D eigenvalue weighted by molar-refractivity contribution is 0.386. The molecule has 0 spiro atoms. The number of ether oxygens (including phenoxy) is 1. The Morgan fingerprint density at radius 1 is 1.20 bits per heavy atom. The normalized spacial score (nSPS) is 11.2. The molecule has 0 fully saturated rings. The third-order valence-corrected chi connectivity index (χ3v) is 4.12. The Hall–Kier alpha value is -1.79. The van der Waals surface area contributed by atoms with Gasteiger partial charge in [-0.25, -0.2) is 12.8 Å². The smallest absolute Gasteiger partial charge is 0.261 e. The van der Waals surface area contributed by atoms with Gasteiger partial charge in [0.1, 0.15) is 0 Å². The van der Waals surface area contributed by atoms with E-state index in [1.165, 1.54) is 37.4 Å². The summed E-state index contributed by atoms with van der Waals surface area (Å²) in [5, 5.41) is 0.300. The Balaban J connectivity index is 2.31. The van der Waals surface area contributed by atoms with Crippen molar-refractivity contribution in [2.75, 3.05) is 11.8 Å². The average Bonchev–Trinajstić information content (AvgIpc) is 2.38. The molecule has 0 heterocycles. The van der Waals surface area contributed by atoms with Crippen LogP contribution in [0, 0.1) is 5.82 Å². The standard InChI is InChI=1S/C13H11ClFNO3S/c1-19-13-6-5-10(8-12(13)15)16-20(17,18)11-4-2-3-9(14)7-11/h2-8,16H,1H3. The highest BCUT2D eigenvalue weighted by Crippen LogP contribution is 2.23. The van der Waals surface area contributed by atoms with Crippen molar-refractivity contribution in [1.82, 2.24) is 0 Å². The molecule has 0 saturated carbocycles. The molecule has 7 heteroatoms. The Labute approximate surface area is 121 Å². The van der Waals surface area contributed by atoms with E-state index in [0.29, 0.717) is 5.02 Å². The predicted octanol–water partition coefficient (Wildman–Crippen LogP) is 3.29. The highest BCUT2D eigenvalue weighted by molar-refractivity contribution is 7.92. The predicted molar refractivity (Wildman–Crippen MR) is 75.2 cm³/mol. The molecule has 0 aliphatic carbocycles. The van der Waals surface area contributed by atoms with E-state index in [-0.39, 0.29) is 16.3 Å². The van der Waals surface area contributed by atoms with Crippen LogP contribution in [0.3, 0.4) is 0 Å². The van der Waals surface area contributed by atoms with Gasteiger partial charge in [-0.15, -0.1) is 0 Å². The molecule has 2 aromatic carbocycles. The van der Waals surface area contributed by atoms with Crippen molar-refractivity contribution < 1.29 is 17.5 Å². The van der Waals surface area contributed by atoms with Crippen LogP contribution in [0.15, 0.2) is 47.4 Å². The minimum absolute atomic E-state index is 0.00114. The molecule has 0 saturated heterocycles. The summed E-state index contributed by atoms with van der Waals surface area (Å²) in [4.78, 5) is 0.00114. The number of nitrogens with one attached hydrogen (secondary N) is 1. The van der Waals surface area contributed by atoms with Crippen molar-refractivity contribution in [2.24, 2.45) is 0 Å². The number of hydrogen-bond acceptors (Lipinski definition) is 3. The molecule has 0 aliphatic heterocycles. The van der Waals surface area contributed by atoms with Crippen molar-refractivity contribution in [3.8, 4) is 5.75 Å². The highest BCUT2D eigenvalue weighted by Gasteiger charge is 2.15. The van der Waals surface area contributed by atoms with E-state index < -0.39 is 15.8 Å². The summed E-state index contributed by atoms with van der Waals surface area (Å²) in [5.41, 5.74) is 0.100. The first-order valence-corrected chi connectivity index (χ1v) is 7.40. The van der Waals surface area contributed by atoms with Gasteiger partial charge in [0.15, 0.2) is 11.6 Å². The summed E-state index contributed by atoms with van der Waals surface area (Å²) in [6.07, 6.45) is 0. The van der Waals surface area contributed by atoms with Crippen molar-refractivity contribution in [3.63, 3.8) is 0 Å². The van der Waals surface area contributed by atoms with Crippen molar-refractivity contribution >= 4 is 27.3 Å². The lowest BCUT2D eigenvalue weighted by Gasteiger charge is -2.09. The quantitative estimate of drug-likeness (QED) is 0.942. The molecule has 0 amide bonds. The molecule has 0 radical (unpaired) electrons. The summed E-state index contributed by atoms with van der Waals surface area (Å²) in [5.74, 6) is -0.616. The largest absolute Gasteiger partial charge is 0.494 e. The van der Waals surface area contributed by atoms with Crippen LogP contribution in [-0.2, 0) is 10.0 Å². The van der Waals surface area contributed by atoms with Gasteiger partial charge in [0.2, 0.25) is 0 Å². The first-order valence-electron chi connectivity index (χ1n) is 5.54.